The molecule has 0 radical (unpaired) electrons. The molecule has 0 amide bonds. The van der Waals surface area contributed by atoms with Crippen LogP contribution in [-0.2, 0) is 16.4 Å². The molecule has 2 N–H and O–H groups in total. The van der Waals surface area contributed by atoms with Crippen molar-refractivity contribution in [3.8, 4) is 5.75 Å². The summed E-state index contributed by atoms with van der Waals surface area (Å²) in [4.78, 5) is 3.46. The van der Waals surface area contributed by atoms with E-state index in [1.807, 2.05) is 33.8 Å². The number of benzene rings is 1. The van der Waals surface area contributed by atoms with Crippen molar-refractivity contribution in [3.63, 3.8) is 0 Å². The average molecular weight is 336 g/mol. The summed E-state index contributed by atoms with van der Waals surface area (Å²) >= 11 is 0. The summed E-state index contributed by atoms with van der Waals surface area (Å²) in [5, 5.41) is 0. The van der Waals surface area contributed by atoms with E-state index in [4.69, 9.17) is 4.74 Å². The van der Waals surface area contributed by atoms with Crippen LogP contribution in [0.5, 0.6) is 5.75 Å². The minimum absolute atomic E-state index is 0.0589. The Hall–Kier alpha value is -1.79. The van der Waals surface area contributed by atoms with E-state index in [2.05, 4.69) is 9.71 Å². The number of hydrogen-bond donors (Lipinski definition) is 2. The Morgan fingerprint density at radius 3 is 2.35 bits per heavy atom. The summed E-state index contributed by atoms with van der Waals surface area (Å²) in [6.45, 7) is 8.20. The molecule has 0 spiro atoms. The molecule has 2 rings (SSSR count). The highest BCUT2D eigenvalue weighted by Gasteiger charge is 2.14. The number of nitrogens with one attached hydrogen (secondary N) is 2. The van der Waals surface area contributed by atoms with Crippen LogP contribution < -0.4 is 9.46 Å². The summed E-state index contributed by atoms with van der Waals surface area (Å²) < 4.78 is 32.7. The second-order valence-corrected chi connectivity index (χ2v) is 7.66. The number of aromatic nitrogens is 1. The summed E-state index contributed by atoms with van der Waals surface area (Å²) in [7, 11) is -3.50. The first-order chi connectivity index (χ1) is 10.8. The van der Waals surface area contributed by atoms with Gasteiger partial charge in [-0.05, 0) is 70.0 Å². The summed E-state index contributed by atoms with van der Waals surface area (Å²) in [6, 6.07) is 8.52. The van der Waals surface area contributed by atoms with Crippen molar-refractivity contribution in [2.45, 2.75) is 45.1 Å². The molecular weight excluding hydrogens is 312 g/mol. The van der Waals surface area contributed by atoms with Crippen molar-refractivity contribution in [2.75, 3.05) is 6.54 Å². The zero-order valence-corrected chi connectivity index (χ0v) is 14.8. The maximum Gasteiger partial charge on any atom is 0.240 e. The molecule has 6 heteroatoms. The second-order valence-electron chi connectivity index (χ2n) is 5.89. The first-order valence-electron chi connectivity index (χ1n) is 7.69. The maximum atomic E-state index is 12.3. The Bertz CT molecular complexity index is 747. The Morgan fingerprint density at radius 2 is 1.83 bits per heavy atom. The lowest BCUT2D eigenvalue weighted by atomic mass is 10.2. The molecule has 0 aliphatic carbocycles. The van der Waals surface area contributed by atoms with E-state index in [1.165, 1.54) is 0 Å². The van der Waals surface area contributed by atoms with Crippen LogP contribution >= 0.6 is 0 Å². The van der Waals surface area contributed by atoms with E-state index in [-0.39, 0.29) is 11.0 Å². The third-order valence-electron chi connectivity index (χ3n) is 3.45. The lowest BCUT2D eigenvalue weighted by molar-refractivity contribution is 0.242. The Balaban J connectivity index is 1.97. The first-order valence-corrected chi connectivity index (χ1v) is 9.18. The number of aromatic amines is 1. The van der Waals surface area contributed by atoms with E-state index in [9.17, 15) is 8.42 Å². The Kier molecular flexibility index (Phi) is 5.49. The highest BCUT2D eigenvalue weighted by atomic mass is 32.2. The largest absolute Gasteiger partial charge is 0.491 e. The molecule has 2 aromatic rings. The van der Waals surface area contributed by atoms with E-state index >= 15 is 0 Å². The van der Waals surface area contributed by atoms with Gasteiger partial charge >= 0.3 is 0 Å². The molecule has 0 fully saturated rings. The maximum absolute atomic E-state index is 12.3. The molecule has 0 saturated carbocycles. The Labute approximate surface area is 138 Å². The lowest BCUT2D eigenvalue weighted by Gasteiger charge is -2.11. The third kappa shape index (κ3) is 4.84. The molecule has 23 heavy (non-hydrogen) atoms. The average Bonchev–Trinajstić information content (AvgIpc) is 2.77. The van der Waals surface area contributed by atoms with Crippen LogP contribution in [0, 0.1) is 13.8 Å². The summed E-state index contributed by atoms with van der Waals surface area (Å²) in [6.07, 6.45) is 0.716. The molecule has 5 nitrogen and oxygen atoms in total. The molecule has 0 aliphatic rings. The number of rotatable bonds is 7. The van der Waals surface area contributed by atoms with Gasteiger partial charge in [0.1, 0.15) is 5.75 Å². The minimum Gasteiger partial charge on any atom is -0.491 e. The van der Waals surface area contributed by atoms with Crippen molar-refractivity contribution < 1.29 is 13.2 Å². The molecule has 1 aromatic heterocycles. The molecule has 0 atom stereocenters. The van der Waals surface area contributed by atoms with E-state index in [0.29, 0.717) is 18.7 Å². The van der Waals surface area contributed by atoms with Crippen molar-refractivity contribution in [1.29, 1.82) is 0 Å². The smallest absolute Gasteiger partial charge is 0.240 e. The number of ether oxygens (including phenoxy) is 1. The van der Waals surface area contributed by atoms with Gasteiger partial charge in [-0.1, -0.05) is 0 Å². The van der Waals surface area contributed by atoms with Gasteiger partial charge in [-0.3, -0.25) is 0 Å². The van der Waals surface area contributed by atoms with Gasteiger partial charge in [-0.25, -0.2) is 13.1 Å². The van der Waals surface area contributed by atoms with Gasteiger partial charge in [-0.2, -0.15) is 0 Å². The Morgan fingerprint density at radius 1 is 1.17 bits per heavy atom. The number of H-pyrrole nitrogens is 1. The molecule has 0 unspecified atom stereocenters. The van der Waals surface area contributed by atoms with Crippen molar-refractivity contribution in [1.82, 2.24) is 9.71 Å². The first kappa shape index (κ1) is 17.6. The highest BCUT2D eigenvalue weighted by Crippen LogP contribution is 2.17. The molecule has 1 aromatic carbocycles. The van der Waals surface area contributed by atoms with Crippen LogP contribution in [0.4, 0.5) is 0 Å². The summed E-state index contributed by atoms with van der Waals surface area (Å²) in [5.41, 5.74) is 3.30. The fourth-order valence-corrected chi connectivity index (χ4v) is 3.45. The van der Waals surface area contributed by atoms with Crippen LogP contribution in [0.15, 0.2) is 35.2 Å². The minimum atomic E-state index is -3.50. The van der Waals surface area contributed by atoms with Gasteiger partial charge < -0.3 is 9.72 Å². The highest BCUT2D eigenvalue weighted by molar-refractivity contribution is 7.89. The van der Waals surface area contributed by atoms with E-state index < -0.39 is 10.0 Å². The molecule has 0 aliphatic heterocycles. The monoisotopic (exact) mass is 336 g/mol. The summed E-state index contributed by atoms with van der Waals surface area (Å²) in [5.74, 6) is 0.664. The van der Waals surface area contributed by atoms with E-state index in [1.54, 1.807) is 24.3 Å². The van der Waals surface area contributed by atoms with Crippen molar-refractivity contribution >= 4 is 10.0 Å². The predicted molar refractivity (Wildman–Crippen MR) is 91.4 cm³/mol. The van der Waals surface area contributed by atoms with Gasteiger partial charge in [0.2, 0.25) is 10.0 Å². The molecule has 0 saturated heterocycles. The fourth-order valence-electron chi connectivity index (χ4n) is 2.41. The van der Waals surface area contributed by atoms with Gasteiger partial charge in [0.15, 0.2) is 0 Å². The van der Waals surface area contributed by atoms with Gasteiger partial charge in [0.05, 0.1) is 11.0 Å². The molecule has 126 valence electrons. The third-order valence-corrected chi connectivity index (χ3v) is 4.93. The van der Waals surface area contributed by atoms with Crippen molar-refractivity contribution in [3.05, 3.63) is 47.3 Å². The second kappa shape index (κ2) is 7.19. The normalized spacial score (nSPS) is 11.9. The molecular formula is C17H24N2O3S. The number of hydrogen-bond acceptors (Lipinski definition) is 3. The van der Waals surface area contributed by atoms with Crippen LogP contribution in [0.3, 0.4) is 0 Å². The number of aryl methyl sites for hydroxylation is 2. The zero-order chi connectivity index (χ0) is 17.0. The van der Waals surface area contributed by atoms with Gasteiger partial charge in [0, 0.05) is 17.9 Å². The van der Waals surface area contributed by atoms with Crippen LogP contribution in [-0.4, -0.2) is 26.1 Å². The molecule has 1 heterocycles. The predicted octanol–water partition coefficient (Wildman–Crippen LogP) is 2.94. The SMILES string of the molecule is Cc1cc(CCNS(=O)(=O)c2ccc(OC(C)C)cc2)c(C)[nH]1. The quantitative estimate of drug-likeness (QED) is 0.816. The van der Waals surface area contributed by atoms with E-state index in [0.717, 1.165) is 17.0 Å². The van der Waals surface area contributed by atoms with Gasteiger partial charge in [-0.15, -0.1) is 0 Å². The van der Waals surface area contributed by atoms with Gasteiger partial charge in [0.25, 0.3) is 0 Å². The standard InChI is InChI=1S/C17H24N2O3S/c1-12(2)22-16-5-7-17(8-6-16)23(20,21)18-10-9-15-11-13(3)19-14(15)4/h5-8,11-12,18-19H,9-10H2,1-4H3. The number of sulfonamides is 1. The van der Waals surface area contributed by atoms with Crippen LogP contribution in [0.1, 0.15) is 30.8 Å². The fraction of sp³-hybridized carbons (Fsp3) is 0.412. The molecule has 0 bridgehead atoms. The lowest BCUT2D eigenvalue weighted by Crippen LogP contribution is -2.26. The zero-order valence-electron chi connectivity index (χ0n) is 14.0. The van der Waals surface area contributed by atoms with Crippen LogP contribution in [0.25, 0.3) is 0 Å². The van der Waals surface area contributed by atoms with Crippen LogP contribution in [0.2, 0.25) is 0 Å². The topological polar surface area (TPSA) is 71.2 Å². The van der Waals surface area contributed by atoms with Crippen molar-refractivity contribution in [2.24, 2.45) is 0 Å².